The first-order chi connectivity index (χ1) is 12.3. The maximum atomic E-state index is 13.7. The van der Waals surface area contributed by atoms with Crippen molar-refractivity contribution in [3.8, 4) is 0 Å². The van der Waals surface area contributed by atoms with Crippen LogP contribution in [0.25, 0.3) is 0 Å². The number of aromatic nitrogens is 2. The lowest BCUT2D eigenvalue weighted by atomic mass is 9.77. The van der Waals surface area contributed by atoms with Gasteiger partial charge in [-0.2, -0.15) is 4.98 Å². The Labute approximate surface area is 154 Å². The van der Waals surface area contributed by atoms with Crippen LogP contribution in [0.1, 0.15) is 67.8 Å². The Morgan fingerprint density at radius 1 is 1.08 bits per heavy atom. The number of hydrogen-bond donors (Lipinski definition) is 1. The van der Waals surface area contributed by atoms with Crippen LogP contribution in [0.4, 0.5) is 0 Å². The molecule has 0 amide bonds. The molecule has 2 aliphatic carbocycles. The normalized spacial score (nSPS) is 21.5. The molecule has 0 unspecified atom stereocenters. The van der Waals surface area contributed by atoms with E-state index in [2.05, 4.69) is 10.1 Å². The molecule has 0 aliphatic heterocycles. The van der Waals surface area contributed by atoms with Crippen LogP contribution in [-0.2, 0) is 20.1 Å². The van der Waals surface area contributed by atoms with Gasteiger partial charge in [-0.05, 0) is 63.1 Å². The van der Waals surface area contributed by atoms with E-state index >= 15 is 0 Å². The van der Waals surface area contributed by atoms with Gasteiger partial charge in [0.2, 0.25) is 5.89 Å². The lowest BCUT2D eigenvalue weighted by molar-refractivity contribution is 0.228. The zero-order chi connectivity index (χ0) is 18.6. The molecule has 26 heavy (non-hydrogen) atoms. The van der Waals surface area contributed by atoms with Gasteiger partial charge in [-0.1, -0.05) is 30.1 Å². The third-order valence-electron chi connectivity index (χ3n) is 6.07. The summed E-state index contributed by atoms with van der Waals surface area (Å²) in [6.07, 6.45) is 5.31. The molecule has 0 spiro atoms. The smallest absolute Gasteiger partial charge is 0.248 e. The standard InChI is InChI=1S/C19H25N3O3S/c1-13-6-7-14(2)15(12-13)26(23,24)19(10-3-4-11-19)17-21-16(22-25-17)18(20)8-5-9-18/h6-7,12H,3-5,8-11,20H2,1-2H3. The summed E-state index contributed by atoms with van der Waals surface area (Å²) in [6.45, 7) is 3.73. The minimum absolute atomic E-state index is 0.211. The molecule has 2 aliphatic rings. The highest BCUT2D eigenvalue weighted by molar-refractivity contribution is 7.92. The van der Waals surface area contributed by atoms with Crippen LogP contribution in [-0.4, -0.2) is 18.6 Å². The quantitative estimate of drug-likeness (QED) is 0.880. The third-order valence-corrected chi connectivity index (χ3v) is 8.70. The maximum absolute atomic E-state index is 13.7. The molecular weight excluding hydrogens is 350 g/mol. The van der Waals surface area contributed by atoms with E-state index in [9.17, 15) is 8.42 Å². The van der Waals surface area contributed by atoms with E-state index in [1.807, 2.05) is 26.0 Å². The fourth-order valence-corrected chi connectivity index (χ4v) is 6.54. The summed E-state index contributed by atoms with van der Waals surface area (Å²) in [5, 5.41) is 4.07. The molecule has 140 valence electrons. The fraction of sp³-hybridized carbons (Fsp3) is 0.579. The van der Waals surface area contributed by atoms with Crippen LogP contribution >= 0.6 is 0 Å². The van der Waals surface area contributed by atoms with Gasteiger partial charge in [0.15, 0.2) is 20.4 Å². The minimum atomic E-state index is -3.66. The van der Waals surface area contributed by atoms with Crippen LogP contribution in [0.3, 0.4) is 0 Å². The highest BCUT2D eigenvalue weighted by Crippen LogP contribution is 2.49. The maximum Gasteiger partial charge on any atom is 0.248 e. The van der Waals surface area contributed by atoms with Crippen molar-refractivity contribution in [1.29, 1.82) is 0 Å². The summed E-state index contributed by atoms with van der Waals surface area (Å²) < 4.78 is 31.8. The number of nitrogens with zero attached hydrogens (tertiary/aromatic N) is 2. The molecule has 2 saturated carbocycles. The topological polar surface area (TPSA) is 99.1 Å². The molecule has 0 bridgehead atoms. The second-order valence-corrected chi connectivity index (χ2v) is 10.1. The highest BCUT2D eigenvalue weighted by atomic mass is 32.2. The first-order valence-corrected chi connectivity index (χ1v) is 10.7. The lowest BCUT2D eigenvalue weighted by Gasteiger charge is -2.34. The van der Waals surface area contributed by atoms with E-state index in [0.717, 1.165) is 43.2 Å². The second kappa shape index (κ2) is 5.89. The molecule has 1 heterocycles. The Kier molecular flexibility index (Phi) is 4.00. The predicted molar refractivity (Wildman–Crippen MR) is 97.3 cm³/mol. The average Bonchev–Trinajstić information content (AvgIpc) is 3.24. The summed E-state index contributed by atoms with van der Waals surface area (Å²) >= 11 is 0. The molecule has 2 N–H and O–H groups in total. The molecule has 2 aromatic rings. The van der Waals surface area contributed by atoms with Gasteiger partial charge >= 0.3 is 0 Å². The van der Waals surface area contributed by atoms with Crippen molar-refractivity contribution in [3.63, 3.8) is 0 Å². The Morgan fingerprint density at radius 3 is 2.38 bits per heavy atom. The molecule has 0 atom stereocenters. The van der Waals surface area contributed by atoms with Crippen molar-refractivity contribution >= 4 is 9.84 Å². The zero-order valence-electron chi connectivity index (χ0n) is 15.3. The van der Waals surface area contributed by atoms with E-state index in [1.54, 1.807) is 6.07 Å². The van der Waals surface area contributed by atoms with Crippen LogP contribution in [0.5, 0.6) is 0 Å². The molecule has 7 heteroatoms. The van der Waals surface area contributed by atoms with Crippen LogP contribution in [0.2, 0.25) is 0 Å². The summed E-state index contributed by atoms with van der Waals surface area (Å²) in [5.74, 6) is 0.656. The van der Waals surface area contributed by atoms with Crippen molar-refractivity contribution in [2.45, 2.75) is 74.0 Å². The van der Waals surface area contributed by atoms with E-state index in [-0.39, 0.29) is 5.89 Å². The Balaban J connectivity index is 1.83. The van der Waals surface area contributed by atoms with Crippen LogP contribution < -0.4 is 5.73 Å². The Bertz CT molecular complexity index is 939. The highest BCUT2D eigenvalue weighted by Gasteiger charge is 2.54. The fourth-order valence-electron chi connectivity index (χ4n) is 4.14. The first kappa shape index (κ1) is 17.7. The van der Waals surface area contributed by atoms with Crippen LogP contribution in [0, 0.1) is 13.8 Å². The molecule has 4 rings (SSSR count). The molecule has 0 saturated heterocycles. The van der Waals surface area contributed by atoms with Gasteiger partial charge in [-0.15, -0.1) is 0 Å². The monoisotopic (exact) mass is 375 g/mol. The van der Waals surface area contributed by atoms with E-state index in [1.165, 1.54) is 0 Å². The van der Waals surface area contributed by atoms with Crippen molar-refractivity contribution < 1.29 is 12.9 Å². The minimum Gasteiger partial charge on any atom is -0.338 e. The predicted octanol–water partition coefficient (Wildman–Crippen LogP) is 3.27. The number of benzene rings is 1. The van der Waals surface area contributed by atoms with Gasteiger partial charge in [0.25, 0.3) is 0 Å². The van der Waals surface area contributed by atoms with Crippen molar-refractivity contribution in [3.05, 3.63) is 41.0 Å². The van der Waals surface area contributed by atoms with Gasteiger partial charge in [0, 0.05) is 0 Å². The molecule has 2 fully saturated rings. The summed E-state index contributed by atoms with van der Waals surface area (Å²) in [6, 6.07) is 5.53. The second-order valence-electron chi connectivity index (χ2n) is 7.91. The lowest BCUT2D eigenvalue weighted by Crippen LogP contribution is -2.44. The summed E-state index contributed by atoms with van der Waals surface area (Å²) in [5.41, 5.74) is 7.41. The molecule has 0 radical (unpaired) electrons. The number of hydrogen-bond acceptors (Lipinski definition) is 6. The first-order valence-electron chi connectivity index (χ1n) is 9.24. The van der Waals surface area contributed by atoms with Crippen molar-refractivity contribution in [2.24, 2.45) is 5.73 Å². The van der Waals surface area contributed by atoms with Crippen molar-refractivity contribution in [2.75, 3.05) is 0 Å². The largest absolute Gasteiger partial charge is 0.338 e. The Morgan fingerprint density at radius 2 is 1.77 bits per heavy atom. The SMILES string of the molecule is Cc1ccc(C)c(S(=O)(=O)C2(c3nc(C4(N)CCC4)no3)CCCC2)c1. The number of rotatable bonds is 4. The van der Waals surface area contributed by atoms with Crippen LogP contribution in [0.15, 0.2) is 27.6 Å². The third kappa shape index (κ3) is 2.44. The van der Waals surface area contributed by atoms with Gasteiger partial charge in [0.05, 0.1) is 10.4 Å². The van der Waals surface area contributed by atoms with E-state index < -0.39 is 20.1 Å². The number of aryl methyl sites for hydroxylation is 2. The van der Waals surface area contributed by atoms with Gasteiger partial charge in [-0.25, -0.2) is 8.42 Å². The number of nitrogens with two attached hydrogens (primary N) is 1. The number of sulfone groups is 1. The molecule has 1 aromatic heterocycles. The van der Waals surface area contributed by atoms with Gasteiger partial charge < -0.3 is 10.3 Å². The summed E-state index contributed by atoms with van der Waals surface area (Å²) in [7, 11) is -3.66. The van der Waals surface area contributed by atoms with Gasteiger partial charge in [-0.3, -0.25) is 0 Å². The zero-order valence-corrected chi connectivity index (χ0v) is 16.1. The van der Waals surface area contributed by atoms with Crippen molar-refractivity contribution in [1.82, 2.24) is 10.1 Å². The molecule has 6 nitrogen and oxygen atoms in total. The van der Waals surface area contributed by atoms with Gasteiger partial charge in [0.1, 0.15) is 0 Å². The molecule has 1 aromatic carbocycles. The average molecular weight is 375 g/mol. The van der Waals surface area contributed by atoms with E-state index in [4.69, 9.17) is 10.3 Å². The summed E-state index contributed by atoms with van der Waals surface area (Å²) in [4.78, 5) is 4.89. The Hall–Kier alpha value is -1.73. The van der Waals surface area contributed by atoms with E-state index in [0.29, 0.717) is 23.6 Å². The molecular formula is C19H25N3O3S.